The number of aromatic amines is 1. The molecule has 0 bridgehead atoms. The predicted octanol–water partition coefficient (Wildman–Crippen LogP) is -2.84. The van der Waals surface area contributed by atoms with Crippen LogP contribution in [0, 0.1) is 0 Å². The average molecular weight is 396 g/mol. The maximum Gasteiger partial charge on any atom is 0.330 e. The number of carbonyl (C=O) groups is 1. The third kappa shape index (κ3) is 4.94. The van der Waals surface area contributed by atoms with E-state index in [1.807, 2.05) is 0 Å². The molecular formula is C17H24N4O7. The van der Waals surface area contributed by atoms with Crippen LogP contribution in [0.25, 0.3) is 0 Å². The topological polar surface area (TPSA) is 146 Å². The fourth-order valence-electron chi connectivity index (χ4n) is 3.11. The van der Waals surface area contributed by atoms with Crippen LogP contribution >= 0.6 is 0 Å². The van der Waals surface area contributed by atoms with Crippen molar-refractivity contribution in [2.24, 2.45) is 0 Å². The van der Waals surface area contributed by atoms with Gasteiger partial charge in [-0.25, -0.2) is 4.79 Å². The molecule has 0 radical (unpaired) electrons. The highest BCUT2D eigenvalue weighted by atomic mass is 16.6. The van der Waals surface area contributed by atoms with Crippen LogP contribution in [-0.4, -0.2) is 88.3 Å². The van der Waals surface area contributed by atoms with Gasteiger partial charge in [0.15, 0.2) is 6.23 Å². The molecule has 4 N–H and O–H groups in total. The van der Waals surface area contributed by atoms with E-state index < -0.39 is 35.8 Å². The number of rotatable bonds is 6. The van der Waals surface area contributed by atoms with Gasteiger partial charge in [0.05, 0.1) is 13.2 Å². The van der Waals surface area contributed by atoms with E-state index in [1.54, 1.807) is 0 Å². The van der Waals surface area contributed by atoms with Gasteiger partial charge in [0.2, 0.25) is 5.91 Å². The molecule has 0 unspecified atom stereocenters. The fourth-order valence-corrected chi connectivity index (χ4v) is 3.11. The van der Waals surface area contributed by atoms with Crippen molar-refractivity contribution >= 4 is 5.91 Å². The number of nitrogens with zero attached hydrogens (tertiary/aromatic N) is 2. The van der Waals surface area contributed by atoms with E-state index in [4.69, 9.17) is 9.47 Å². The molecule has 0 aromatic carbocycles. The molecule has 2 aliphatic rings. The van der Waals surface area contributed by atoms with E-state index in [2.05, 4.69) is 15.2 Å². The Labute approximate surface area is 160 Å². The quantitative estimate of drug-likeness (QED) is 0.376. The summed E-state index contributed by atoms with van der Waals surface area (Å²) >= 11 is 0. The molecule has 4 atom stereocenters. The van der Waals surface area contributed by atoms with Gasteiger partial charge in [-0.05, 0) is 6.08 Å². The summed E-state index contributed by atoms with van der Waals surface area (Å²) in [6, 6.07) is 1.11. The third-order valence-electron chi connectivity index (χ3n) is 4.67. The van der Waals surface area contributed by atoms with Gasteiger partial charge in [-0.3, -0.25) is 24.0 Å². The number of morpholine rings is 1. The molecule has 2 saturated heterocycles. The van der Waals surface area contributed by atoms with Crippen molar-refractivity contribution in [2.45, 2.75) is 24.5 Å². The lowest BCUT2D eigenvalue weighted by Gasteiger charge is -2.26. The molecule has 11 heteroatoms. The highest BCUT2D eigenvalue weighted by Crippen LogP contribution is 2.28. The van der Waals surface area contributed by atoms with Gasteiger partial charge < -0.3 is 25.0 Å². The zero-order chi connectivity index (χ0) is 20.1. The minimum atomic E-state index is -1.40. The fraction of sp³-hybridized carbons (Fsp3) is 0.588. The number of aliphatic hydroxyl groups is 2. The Hall–Kier alpha value is -2.31. The molecule has 3 heterocycles. The summed E-state index contributed by atoms with van der Waals surface area (Å²) in [4.78, 5) is 39.2. The molecule has 0 spiro atoms. The summed E-state index contributed by atoms with van der Waals surface area (Å²) < 4.78 is 11.7. The van der Waals surface area contributed by atoms with Crippen LogP contribution in [0.4, 0.5) is 0 Å². The smallest absolute Gasteiger partial charge is 0.330 e. The normalized spacial score (nSPS) is 28.6. The summed E-state index contributed by atoms with van der Waals surface area (Å²) in [7, 11) is 0. The van der Waals surface area contributed by atoms with Crippen molar-refractivity contribution < 1.29 is 24.5 Å². The zero-order valence-corrected chi connectivity index (χ0v) is 15.2. The number of ether oxygens (including phenoxy) is 2. The summed E-state index contributed by atoms with van der Waals surface area (Å²) in [6.07, 6.45) is -1.18. The van der Waals surface area contributed by atoms with Gasteiger partial charge in [-0.15, -0.1) is 0 Å². The lowest BCUT2D eigenvalue weighted by atomic mass is 10.1. The molecule has 11 nitrogen and oxygen atoms in total. The van der Waals surface area contributed by atoms with Crippen molar-refractivity contribution in [1.82, 2.24) is 19.8 Å². The first kappa shape index (κ1) is 20.4. The molecule has 0 aliphatic carbocycles. The summed E-state index contributed by atoms with van der Waals surface area (Å²) in [6.45, 7) is 4.21. The van der Waals surface area contributed by atoms with Crippen molar-refractivity contribution in [1.29, 1.82) is 0 Å². The summed E-state index contributed by atoms with van der Waals surface area (Å²) in [5.74, 6) is -0.358. The Morgan fingerprint density at radius 3 is 2.75 bits per heavy atom. The van der Waals surface area contributed by atoms with Crippen molar-refractivity contribution in [3.05, 3.63) is 45.3 Å². The van der Waals surface area contributed by atoms with Gasteiger partial charge in [-0.1, -0.05) is 0 Å². The zero-order valence-electron chi connectivity index (χ0n) is 15.2. The van der Waals surface area contributed by atoms with Gasteiger partial charge in [0.25, 0.3) is 5.56 Å². The maximum atomic E-state index is 11.9. The molecule has 0 saturated carbocycles. The number of H-pyrrole nitrogens is 1. The Bertz CT molecular complexity index is 814. The van der Waals surface area contributed by atoms with Crippen LogP contribution in [-0.2, 0) is 14.3 Å². The third-order valence-corrected chi connectivity index (χ3v) is 4.67. The van der Waals surface area contributed by atoms with Crippen LogP contribution in [0.2, 0.25) is 0 Å². The Morgan fingerprint density at radius 2 is 2.04 bits per heavy atom. The van der Waals surface area contributed by atoms with Gasteiger partial charge in [-0.2, -0.15) is 0 Å². The number of aromatic nitrogens is 2. The van der Waals surface area contributed by atoms with E-state index in [-0.39, 0.29) is 5.91 Å². The second-order valence-electron chi connectivity index (χ2n) is 6.59. The van der Waals surface area contributed by atoms with Gasteiger partial charge in [0.1, 0.15) is 18.3 Å². The number of amides is 1. The SMILES string of the molecule is O=C(/C=C/[C@H]1O[C@@H](n2ccc(=O)[nH]c2=O)[C@H](O)[C@@H]1O)NCCN1CCOCC1. The molecule has 3 rings (SSSR count). The highest BCUT2D eigenvalue weighted by Gasteiger charge is 2.42. The Morgan fingerprint density at radius 1 is 1.29 bits per heavy atom. The second kappa shape index (κ2) is 9.26. The van der Waals surface area contributed by atoms with Gasteiger partial charge >= 0.3 is 5.69 Å². The largest absolute Gasteiger partial charge is 0.387 e. The molecule has 2 aliphatic heterocycles. The second-order valence-corrected chi connectivity index (χ2v) is 6.59. The number of hydrogen-bond acceptors (Lipinski definition) is 8. The van der Waals surface area contributed by atoms with E-state index >= 15 is 0 Å². The molecule has 2 fully saturated rings. The summed E-state index contributed by atoms with van der Waals surface area (Å²) in [5.41, 5.74) is -1.35. The molecule has 1 aromatic rings. The standard InChI is InChI=1S/C17H24N4O7/c22-12(18-4-6-20-7-9-27-10-8-20)2-1-11-14(24)15(25)16(28-11)21-5-3-13(23)19-17(21)26/h1-3,5,11,14-16,24-25H,4,6-10H2,(H,18,22)(H,19,23,26)/b2-1+/t11-,14-,15-,16-/m1/s1. The predicted molar refractivity (Wildman–Crippen MR) is 96.7 cm³/mol. The molecular weight excluding hydrogens is 372 g/mol. The van der Waals surface area contributed by atoms with Crippen molar-refractivity contribution in [2.75, 3.05) is 39.4 Å². The van der Waals surface area contributed by atoms with Crippen LogP contribution in [0.15, 0.2) is 34.0 Å². The molecule has 1 aromatic heterocycles. The monoisotopic (exact) mass is 396 g/mol. The Balaban J connectivity index is 1.52. The van der Waals surface area contributed by atoms with E-state index in [0.717, 1.165) is 23.7 Å². The average Bonchev–Trinajstić information content (AvgIpc) is 2.96. The van der Waals surface area contributed by atoms with Gasteiger partial charge in [0, 0.05) is 44.5 Å². The van der Waals surface area contributed by atoms with Crippen LogP contribution in [0.5, 0.6) is 0 Å². The van der Waals surface area contributed by atoms with Crippen molar-refractivity contribution in [3.63, 3.8) is 0 Å². The van der Waals surface area contributed by atoms with Crippen LogP contribution in [0.3, 0.4) is 0 Å². The number of nitrogens with one attached hydrogen (secondary N) is 2. The van der Waals surface area contributed by atoms with Crippen LogP contribution < -0.4 is 16.6 Å². The van der Waals surface area contributed by atoms with Crippen LogP contribution in [0.1, 0.15) is 6.23 Å². The first-order valence-corrected chi connectivity index (χ1v) is 9.05. The lowest BCUT2D eigenvalue weighted by Crippen LogP contribution is -2.41. The molecule has 28 heavy (non-hydrogen) atoms. The van der Waals surface area contributed by atoms with E-state index in [0.29, 0.717) is 26.3 Å². The molecule has 1 amide bonds. The summed E-state index contributed by atoms with van der Waals surface area (Å²) in [5, 5.41) is 23.0. The first-order valence-electron chi connectivity index (χ1n) is 9.05. The molecule has 154 valence electrons. The lowest BCUT2D eigenvalue weighted by molar-refractivity contribution is -0.116. The Kier molecular flexibility index (Phi) is 6.75. The number of carbonyl (C=O) groups excluding carboxylic acids is 1. The number of aliphatic hydroxyl groups excluding tert-OH is 2. The van der Waals surface area contributed by atoms with Crippen molar-refractivity contribution in [3.8, 4) is 0 Å². The minimum Gasteiger partial charge on any atom is -0.387 e. The van der Waals surface area contributed by atoms with E-state index in [9.17, 15) is 24.6 Å². The minimum absolute atomic E-state index is 0.358. The van der Waals surface area contributed by atoms with E-state index in [1.165, 1.54) is 18.3 Å². The number of hydrogen-bond donors (Lipinski definition) is 4. The first-order chi connectivity index (χ1) is 13.5. The maximum absolute atomic E-state index is 11.9. The highest BCUT2D eigenvalue weighted by molar-refractivity contribution is 5.87.